The molecule has 3 atom stereocenters. The van der Waals surface area contributed by atoms with Crippen molar-refractivity contribution in [3.63, 3.8) is 0 Å². The van der Waals surface area contributed by atoms with E-state index < -0.39 is 40.5 Å². The zero-order valence-corrected chi connectivity index (χ0v) is 9.58. The van der Waals surface area contributed by atoms with Gasteiger partial charge in [0.1, 0.15) is 25.5 Å². The van der Waals surface area contributed by atoms with Crippen LogP contribution in [-0.2, 0) is 35.3 Å². The Morgan fingerprint density at radius 2 is 1.57 bits per heavy atom. The van der Waals surface area contributed by atoms with Gasteiger partial charge in [0.25, 0.3) is 5.12 Å². The van der Waals surface area contributed by atoms with Gasteiger partial charge < -0.3 is 0 Å². The van der Waals surface area contributed by atoms with E-state index in [0.29, 0.717) is 0 Å². The van der Waals surface area contributed by atoms with Gasteiger partial charge in [0.15, 0.2) is 9.83 Å². The van der Waals surface area contributed by atoms with E-state index in [4.69, 9.17) is 0 Å². The van der Waals surface area contributed by atoms with Crippen molar-refractivity contribution in [2.45, 2.75) is 0 Å². The lowest BCUT2D eigenvalue weighted by Gasteiger charge is -1.98. The first-order chi connectivity index (χ1) is 6.45. The lowest BCUT2D eigenvalue weighted by molar-refractivity contribution is -0.107. The molecule has 0 bridgehead atoms. The van der Waals surface area contributed by atoms with Crippen LogP contribution in [0.3, 0.4) is 0 Å². The van der Waals surface area contributed by atoms with E-state index in [-0.39, 0.29) is 0 Å². The van der Waals surface area contributed by atoms with Crippen molar-refractivity contribution in [2.24, 2.45) is 0 Å². The van der Waals surface area contributed by atoms with E-state index in [9.17, 15) is 17.4 Å². The lowest BCUT2D eigenvalue weighted by Crippen LogP contribution is -2.13. The monoisotopic (exact) mass is 252 g/mol. The molecule has 0 rings (SSSR count). The van der Waals surface area contributed by atoms with Crippen LogP contribution in [0.2, 0.25) is 0 Å². The molecule has 0 aliphatic carbocycles. The summed E-state index contributed by atoms with van der Waals surface area (Å²) in [6.07, 6.45) is 0. The first-order valence-electron chi connectivity index (χ1n) is 3.17. The first kappa shape index (κ1) is 13.3. The molecule has 0 fully saturated rings. The second kappa shape index (κ2) is 5.94. The minimum Gasteiger partial charge on any atom is -0.278 e. The summed E-state index contributed by atoms with van der Waals surface area (Å²) in [4.78, 5) is 10.6. The molecule has 0 heterocycles. The summed E-state index contributed by atoms with van der Waals surface area (Å²) in [5.41, 5.74) is 0. The molecular formula is C7H8O4S3. The van der Waals surface area contributed by atoms with E-state index in [1.807, 2.05) is 0 Å². The highest BCUT2D eigenvalue weighted by atomic mass is 33.1. The van der Waals surface area contributed by atoms with E-state index in [0.717, 1.165) is 10.8 Å². The SMILES string of the molecule is C=CS(=O)C(=O)C(=C)S(=O)S(=O)C=C. The molecule has 0 N–H and O–H groups in total. The number of rotatable bonds is 5. The van der Waals surface area contributed by atoms with Gasteiger partial charge in [0, 0.05) is 10.8 Å². The second-order valence-corrected chi connectivity index (χ2v) is 6.85. The molecule has 3 unspecified atom stereocenters. The molecule has 0 aliphatic rings. The molecule has 0 radical (unpaired) electrons. The van der Waals surface area contributed by atoms with Crippen LogP contribution in [0.15, 0.2) is 35.5 Å². The number of carbonyl (C=O) groups is 1. The van der Waals surface area contributed by atoms with Crippen LogP contribution in [0, 0.1) is 0 Å². The molecule has 0 aliphatic heterocycles. The van der Waals surface area contributed by atoms with Crippen LogP contribution in [-0.4, -0.2) is 17.7 Å². The molecule has 0 spiro atoms. The van der Waals surface area contributed by atoms with E-state index >= 15 is 0 Å². The third-order valence-corrected chi connectivity index (χ3v) is 5.16. The number of hydrogen-bond donors (Lipinski definition) is 0. The lowest BCUT2D eigenvalue weighted by atomic mass is 10.7. The van der Waals surface area contributed by atoms with Crippen LogP contribution in [0.5, 0.6) is 0 Å². The average Bonchev–Trinajstić information content (AvgIpc) is 2.23. The normalized spacial score (nSPS) is 16.3. The maximum atomic E-state index is 11.2. The predicted molar refractivity (Wildman–Crippen MR) is 59.0 cm³/mol. The van der Waals surface area contributed by atoms with E-state index in [2.05, 4.69) is 19.7 Å². The Balaban J connectivity index is 4.81. The van der Waals surface area contributed by atoms with Crippen LogP contribution in [0.1, 0.15) is 0 Å². The van der Waals surface area contributed by atoms with Crippen molar-refractivity contribution in [1.29, 1.82) is 0 Å². The molecule has 78 valence electrons. The summed E-state index contributed by atoms with van der Waals surface area (Å²) in [5.74, 6) is 0. The Labute approximate surface area is 88.5 Å². The standard InChI is InChI=1S/C7H8O4S3/c1-4-12(9)7(8)6(3)14(11)13(10)5-2/h4-5H,1-3H2. The Hall–Kier alpha value is -0.660. The predicted octanol–water partition coefficient (Wildman–Crippen LogP) is 0.475. The summed E-state index contributed by atoms with van der Waals surface area (Å²) in [7, 11) is -5.96. The van der Waals surface area contributed by atoms with Gasteiger partial charge in [-0.05, 0) is 0 Å². The highest BCUT2D eigenvalue weighted by Gasteiger charge is 2.21. The molecule has 0 amide bonds. The summed E-state index contributed by atoms with van der Waals surface area (Å²) in [5, 5.41) is 0.876. The van der Waals surface area contributed by atoms with E-state index in [1.54, 1.807) is 0 Å². The smallest absolute Gasteiger partial charge is 0.262 e. The van der Waals surface area contributed by atoms with Gasteiger partial charge in [-0.1, -0.05) is 19.7 Å². The van der Waals surface area contributed by atoms with Crippen molar-refractivity contribution in [1.82, 2.24) is 0 Å². The largest absolute Gasteiger partial charge is 0.278 e. The Morgan fingerprint density at radius 3 is 1.93 bits per heavy atom. The zero-order chi connectivity index (χ0) is 11.3. The summed E-state index contributed by atoms with van der Waals surface area (Å²) < 4.78 is 33.0. The van der Waals surface area contributed by atoms with Gasteiger partial charge in [-0.25, -0.2) is 12.6 Å². The number of carbonyl (C=O) groups excluding carboxylic acids is 1. The van der Waals surface area contributed by atoms with Crippen LogP contribution >= 0.6 is 0 Å². The molecule has 14 heavy (non-hydrogen) atoms. The third kappa shape index (κ3) is 3.24. The average molecular weight is 252 g/mol. The molecular weight excluding hydrogens is 244 g/mol. The molecule has 0 saturated carbocycles. The van der Waals surface area contributed by atoms with Crippen molar-refractivity contribution in [3.8, 4) is 0 Å². The van der Waals surface area contributed by atoms with Crippen LogP contribution in [0.25, 0.3) is 0 Å². The van der Waals surface area contributed by atoms with Crippen molar-refractivity contribution >= 4 is 35.6 Å². The van der Waals surface area contributed by atoms with Crippen LogP contribution in [0.4, 0.5) is 0 Å². The van der Waals surface area contributed by atoms with Gasteiger partial charge in [-0.2, -0.15) is 0 Å². The van der Waals surface area contributed by atoms with Crippen LogP contribution < -0.4 is 0 Å². The van der Waals surface area contributed by atoms with E-state index in [1.165, 1.54) is 0 Å². The van der Waals surface area contributed by atoms with Gasteiger partial charge >= 0.3 is 0 Å². The van der Waals surface area contributed by atoms with Gasteiger partial charge in [0.2, 0.25) is 0 Å². The van der Waals surface area contributed by atoms with Crippen molar-refractivity contribution in [2.75, 3.05) is 0 Å². The first-order valence-corrected chi connectivity index (χ1v) is 7.26. The van der Waals surface area contributed by atoms with Crippen molar-refractivity contribution in [3.05, 3.63) is 35.5 Å². The highest BCUT2D eigenvalue weighted by Crippen LogP contribution is 2.08. The highest BCUT2D eigenvalue weighted by molar-refractivity contribution is 8.64. The summed E-state index contributed by atoms with van der Waals surface area (Å²) in [6, 6.07) is 0. The quantitative estimate of drug-likeness (QED) is 0.527. The van der Waals surface area contributed by atoms with Gasteiger partial charge in [-0.3, -0.25) is 4.79 Å². The van der Waals surface area contributed by atoms with Gasteiger partial charge in [0.05, 0.1) is 0 Å². The maximum Gasteiger partial charge on any atom is 0.262 e. The minimum absolute atomic E-state index is 0.457. The second-order valence-electron chi connectivity index (χ2n) is 1.84. The fraction of sp³-hybridized carbons (Fsp3) is 0. The minimum atomic E-state index is -2.09. The molecule has 0 aromatic heterocycles. The molecule has 0 saturated heterocycles. The third-order valence-electron chi connectivity index (χ3n) is 1.05. The Bertz CT molecular complexity index is 335. The fourth-order valence-corrected chi connectivity index (χ4v) is 3.08. The number of hydrogen-bond acceptors (Lipinski definition) is 4. The summed E-state index contributed by atoms with van der Waals surface area (Å²) in [6.45, 7) is 9.44. The molecule has 0 aromatic carbocycles. The molecule has 0 aromatic rings. The van der Waals surface area contributed by atoms with Crippen molar-refractivity contribution < 1.29 is 17.4 Å². The van der Waals surface area contributed by atoms with Gasteiger partial charge in [-0.15, -0.1) is 0 Å². The zero-order valence-electron chi connectivity index (χ0n) is 7.13. The Kier molecular flexibility index (Phi) is 5.66. The fourth-order valence-electron chi connectivity index (χ4n) is 0.417. The molecule has 7 heteroatoms. The summed E-state index contributed by atoms with van der Waals surface area (Å²) >= 11 is 0. The topological polar surface area (TPSA) is 68.3 Å². The Morgan fingerprint density at radius 1 is 1.07 bits per heavy atom. The molecule has 4 nitrogen and oxygen atoms in total. The maximum absolute atomic E-state index is 11.2.